The van der Waals surface area contributed by atoms with Gasteiger partial charge in [0.2, 0.25) is 5.91 Å². The van der Waals surface area contributed by atoms with Gasteiger partial charge in [-0.25, -0.2) is 0 Å². The Morgan fingerprint density at radius 3 is 2.43 bits per heavy atom. The molecule has 0 aromatic heterocycles. The van der Waals surface area contributed by atoms with Crippen LogP contribution in [0.25, 0.3) is 0 Å². The van der Waals surface area contributed by atoms with E-state index in [9.17, 15) is 14.9 Å². The summed E-state index contributed by atoms with van der Waals surface area (Å²) in [6, 6.07) is 3.75. The van der Waals surface area contributed by atoms with Crippen molar-refractivity contribution in [2.24, 2.45) is 11.8 Å². The summed E-state index contributed by atoms with van der Waals surface area (Å²) >= 11 is 0. The van der Waals surface area contributed by atoms with Crippen molar-refractivity contribution >= 4 is 23.0 Å². The first-order valence-electron chi connectivity index (χ1n) is 6.63. The van der Waals surface area contributed by atoms with Crippen LogP contribution in [0.5, 0.6) is 0 Å². The number of nitro groups is 1. The molecule has 0 aliphatic heterocycles. The van der Waals surface area contributed by atoms with Gasteiger partial charge in [0.1, 0.15) is 6.04 Å². The molecule has 1 amide bonds. The summed E-state index contributed by atoms with van der Waals surface area (Å²) in [5.74, 6) is 5.46. The second-order valence-electron chi connectivity index (χ2n) is 5.18. The quantitative estimate of drug-likeness (QED) is 0.343. The molecule has 1 aromatic carbocycles. The number of nitro benzene ring substituents is 1. The Kier molecular flexibility index (Phi) is 5.92. The third-order valence-corrected chi connectivity index (χ3v) is 2.76. The van der Waals surface area contributed by atoms with Gasteiger partial charge >= 0.3 is 0 Å². The summed E-state index contributed by atoms with van der Waals surface area (Å²) in [4.78, 5) is 22.2. The van der Waals surface area contributed by atoms with Gasteiger partial charge in [0.25, 0.3) is 5.69 Å². The van der Waals surface area contributed by atoms with Gasteiger partial charge < -0.3 is 16.1 Å². The van der Waals surface area contributed by atoms with Crippen LogP contribution in [-0.2, 0) is 4.79 Å². The van der Waals surface area contributed by atoms with E-state index in [-0.39, 0.29) is 11.6 Å². The molecule has 1 rings (SSSR count). The van der Waals surface area contributed by atoms with E-state index >= 15 is 0 Å². The predicted molar refractivity (Wildman–Crippen MR) is 81.8 cm³/mol. The molecular weight excluding hydrogens is 274 g/mol. The van der Waals surface area contributed by atoms with E-state index in [1.165, 1.54) is 12.1 Å². The van der Waals surface area contributed by atoms with Crippen LogP contribution in [0.1, 0.15) is 20.8 Å². The Bertz CT molecular complexity index is 519. The van der Waals surface area contributed by atoms with Gasteiger partial charge in [0, 0.05) is 24.4 Å². The summed E-state index contributed by atoms with van der Waals surface area (Å²) in [6.07, 6.45) is 0. The van der Waals surface area contributed by atoms with Gasteiger partial charge in [-0.3, -0.25) is 20.8 Å². The molecular formula is C13H21N5O3. The van der Waals surface area contributed by atoms with Crippen LogP contribution in [-0.4, -0.2) is 23.4 Å². The molecule has 21 heavy (non-hydrogen) atoms. The molecule has 0 bridgehead atoms. The number of rotatable bonds is 7. The summed E-state index contributed by atoms with van der Waals surface area (Å²) in [5.41, 5.74) is 3.09. The maximum atomic E-state index is 11.9. The lowest BCUT2D eigenvalue weighted by atomic mass is 10.2. The van der Waals surface area contributed by atoms with Crippen LogP contribution in [0.4, 0.5) is 17.1 Å². The number of hydrogen-bond acceptors (Lipinski definition) is 6. The summed E-state index contributed by atoms with van der Waals surface area (Å²) in [5, 5.41) is 16.6. The molecule has 0 saturated carbocycles. The highest BCUT2D eigenvalue weighted by Gasteiger charge is 2.15. The molecule has 0 spiro atoms. The van der Waals surface area contributed by atoms with Crippen molar-refractivity contribution in [3.63, 3.8) is 0 Å². The average molecular weight is 295 g/mol. The third-order valence-electron chi connectivity index (χ3n) is 2.76. The zero-order valence-electron chi connectivity index (χ0n) is 12.3. The molecule has 0 aliphatic carbocycles. The Labute approximate surface area is 123 Å². The fourth-order valence-electron chi connectivity index (χ4n) is 1.66. The number of nitrogen functional groups attached to an aromatic ring is 1. The number of nitrogens with zero attached hydrogens (tertiary/aromatic N) is 1. The van der Waals surface area contributed by atoms with E-state index in [0.29, 0.717) is 23.8 Å². The van der Waals surface area contributed by atoms with Crippen LogP contribution in [0, 0.1) is 16.0 Å². The Balaban J connectivity index is 2.79. The molecule has 0 heterocycles. The highest BCUT2D eigenvalue weighted by Crippen LogP contribution is 2.24. The number of nitrogens with one attached hydrogen (secondary N) is 3. The minimum absolute atomic E-state index is 0.109. The molecule has 5 N–H and O–H groups in total. The lowest BCUT2D eigenvalue weighted by Crippen LogP contribution is -2.39. The summed E-state index contributed by atoms with van der Waals surface area (Å²) in [6.45, 7) is 6.26. The summed E-state index contributed by atoms with van der Waals surface area (Å²) < 4.78 is 0. The van der Waals surface area contributed by atoms with Crippen LogP contribution in [0.15, 0.2) is 18.2 Å². The molecule has 116 valence electrons. The van der Waals surface area contributed by atoms with Crippen molar-refractivity contribution in [3.8, 4) is 0 Å². The fraction of sp³-hybridized carbons (Fsp3) is 0.462. The number of hydrogen-bond donors (Lipinski definition) is 4. The minimum Gasteiger partial charge on any atom is -0.374 e. The molecule has 8 nitrogen and oxygen atoms in total. The normalized spacial score (nSPS) is 11.9. The van der Waals surface area contributed by atoms with Crippen molar-refractivity contribution in [2.75, 3.05) is 17.3 Å². The maximum absolute atomic E-state index is 11.9. The van der Waals surface area contributed by atoms with Crippen molar-refractivity contribution in [1.82, 2.24) is 5.32 Å². The zero-order valence-corrected chi connectivity index (χ0v) is 12.3. The van der Waals surface area contributed by atoms with E-state index < -0.39 is 11.0 Å². The Hall–Kier alpha value is -2.35. The van der Waals surface area contributed by atoms with Crippen molar-refractivity contribution in [2.45, 2.75) is 26.8 Å². The second kappa shape index (κ2) is 7.44. The van der Waals surface area contributed by atoms with Crippen LogP contribution >= 0.6 is 0 Å². The molecule has 1 atom stereocenters. The predicted octanol–water partition coefficient (Wildman–Crippen LogP) is 1.45. The van der Waals surface area contributed by atoms with Gasteiger partial charge in [-0.1, -0.05) is 13.8 Å². The number of non-ortho nitro benzene ring substituents is 1. The van der Waals surface area contributed by atoms with Gasteiger partial charge in [-0.05, 0) is 18.9 Å². The topological polar surface area (TPSA) is 122 Å². The lowest BCUT2D eigenvalue weighted by Gasteiger charge is -2.16. The molecule has 0 fully saturated rings. The van der Waals surface area contributed by atoms with Gasteiger partial charge in [0.05, 0.1) is 10.6 Å². The van der Waals surface area contributed by atoms with Crippen molar-refractivity contribution in [3.05, 3.63) is 28.3 Å². The molecule has 0 aliphatic rings. The standard InChI is InChI=1S/C13H21N5O3/c1-8(2)7-15-13(19)9(3)16-10-4-11(17-14)6-12(5-10)18(20)21/h4-6,8-9,16-17H,7,14H2,1-3H3,(H,15,19). The van der Waals surface area contributed by atoms with E-state index in [2.05, 4.69) is 16.1 Å². The molecule has 8 heteroatoms. The lowest BCUT2D eigenvalue weighted by molar-refractivity contribution is -0.384. The first kappa shape index (κ1) is 16.7. The monoisotopic (exact) mass is 295 g/mol. The molecule has 0 radical (unpaired) electrons. The maximum Gasteiger partial charge on any atom is 0.273 e. The number of amides is 1. The van der Waals surface area contributed by atoms with E-state index in [1.54, 1.807) is 13.0 Å². The number of benzene rings is 1. The van der Waals surface area contributed by atoms with Gasteiger partial charge in [0.15, 0.2) is 0 Å². The number of carbonyl (C=O) groups excluding carboxylic acids is 1. The van der Waals surface area contributed by atoms with E-state index in [1.807, 2.05) is 13.8 Å². The first-order valence-corrected chi connectivity index (χ1v) is 6.63. The Morgan fingerprint density at radius 2 is 1.90 bits per heavy atom. The van der Waals surface area contributed by atoms with E-state index in [4.69, 9.17) is 5.84 Å². The van der Waals surface area contributed by atoms with Crippen molar-refractivity contribution < 1.29 is 9.72 Å². The van der Waals surface area contributed by atoms with Crippen LogP contribution in [0.3, 0.4) is 0 Å². The molecule has 0 saturated heterocycles. The number of anilines is 2. The van der Waals surface area contributed by atoms with Crippen LogP contribution in [0.2, 0.25) is 0 Å². The molecule has 1 unspecified atom stereocenters. The third kappa shape index (κ3) is 5.27. The first-order chi connectivity index (χ1) is 9.83. The van der Waals surface area contributed by atoms with E-state index in [0.717, 1.165) is 0 Å². The number of hydrazine groups is 1. The summed E-state index contributed by atoms with van der Waals surface area (Å²) in [7, 11) is 0. The fourth-order valence-corrected chi connectivity index (χ4v) is 1.66. The van der Waals surface area contributed by atoms with Crippen LogP contribution < -0.4 is 21.9 Å². The zero-order chi connectivity index (χ0) is 16.0. The van der Waals surface area contributed by atoms with Gasteiger partial charge in [-0.15, -0.1) is 0 Å². The van der Waals surface area contributed by atoms with Gasteiger partial charge in [-0.2, -0.15) is 0 Å². The largest absolute Gasteiger partial charge is 0.374 e. The smallest absolute Gasteiger partial charge is 0.273 e. The number of nitrogens with two attached hydrogens (primary N) is 1. The molecule has 1 aromatic rings. The highest BCUT2D eigenvalue weighted by molar-refractivity contribution is 5.84. The SMILES string of the molecule is CC(C)CNC(=O)C(C)Nc1cc(NN)cc([N+](=O)[O-])c1. The van der Waals surface area contributed by atoms with Crippen molar-refractivity contribution in [1.29, 1.82) is 0 Å². The minimum atomic E-state index is -0.518. The Morgan fingerprint density at radius 1 is 1.29 bits per heavy atom. The average Bonchev–Trinajstić information content (AvgIpc) is 2.43. The highest BCUT2D eigenvalue weighted by atomic mass is 16.6. The second-order valence-corrected chi connectivity index (χ2v) is 5.18. The number of carbonyl (C=O) groups is 1.